The first-order valence-corrected chi connectivity index (χ1v) is 10.3. The van der Waals surface area contributed by atoms with Crippen LogP contribution >= 0.6 is 22.9 Å². The smallest absolute Gasteiger partial charge is 0.173 e. The lowest BCUT2D eigenvalue weighted by Crippen LogP contribution is -2.23. The molecule has 1 aliphatic rings. The number of amidine groups is 1. The summed E-state index contributed by atoms with van der Waals surface area (Å²) in [6.07, 6.45) is 0.358. The van der Waals surface area contributed by atoms with E-state index >= 15 is 0 Å². The van der Waals surface area contributed by atoms with Gasteiger partial charge in [-0.25, -0.2) is 0 Å². The molecule has 2 aromatic heterocycles. The second-order valence-electron chi connectivity index (χ2n) is 6.95. The van der Waals surface area contributed by atoms with E-state index in [9.17, 15) is 4.79 Å². The van der Waals surface area contributed by atoms with Gasteiger partial charge in [-0.05, 0) is 12.1 Å². The second-order valence-corrected chi connectivity index (χ2v) is 8.67. The lowest BCUT2D eigenvalue weighted by molar-refractivity contribution is 0.0975. The number of Topliss-reactive ketones (excluding diaryl/α,β-unsaturated/α-hetero) is 1. The normalized spacial score (nSPS) is 15.0. The highest BCUT2D eigenvalue weighted by molar-refractivity contribution is 7.18. The van der Waals surface area contributed by atoms with Gasteiger partial charge < -0.3 is 9.42 Å². The predicted octanol–water partition coefficient (Wildman–Crippen LogP) is 5.13. The summed E-state index contributed by atoms with van der Waals surface area (Å²) in [4.78, 5) is 19.8. The Bertz CT molecular complexity index is 1020. The maximum absolute atomic E-state index is 12.4. The molecule has 4 rings (SSSR count). The molecule has 0 aliphatic carbocycles. The van der Waals surface area contributed by atoms with Gasteiger partial charge in [-0.3, -0.25) is 9.79 Å². The molecule has 1 aliphatic heterocycles. The Morgan fingerprint density at radius 3 is 2.64 bits per heavy atom. The maximum Gasteiger partial charge on any atom is 0.173 e. The third-order valence-electron chi connectivity index (χ3n) is 4.85. The SMILES string of the molecule is C[C@@H](CC(=O)c1ccc(Cl)s1)c1cc(-c2ccc(C3=NCCN3C)cc2)no1. The second kappa shape index (κ2) is 7.89. The molecule has 0 N–H and O–H groups in total. The van der Waals surface area contributed by atoms with Crippen molar-refractivity contribution in [1.29, 1.82) is 0 Å². The molecule has 144 valence electrons. The maximum atomic E-state index is 12.4. The van der Waals surface area contributed by atoms with Crippen LogP contribution in [0, 0.1) is 0 Å². The number of likely N-dealkylation sites (N-methyl/N-ethyl adjacent to an activating group) is 1. The summed E-state index contributed by atoms with van der Waals surface area (Å²) in [5, 5.41) is 4.19. The van der Waals surface area contributed by atoms with Gasteiger partial charge in [-0.15, -0.1) is 11.3 Å². The number of aliphatic imine (C=N–C) groups is 1. The van der Waals surface area contributed by atoms with Crippen LogP contribution in [0.2, 0.25) is 4.34 Å². The van der Waals surface area contributed by atoms with Crippen molar-refractivity contribution in [3.63, 3.8) is 0 Å². The lowest BCUT2D eigenvalue weighted by Gasteiger charge is -2.13. The van der Waals surface area contributed by atoms with Gasteiger partial charge in [-0.1, -0.05) is 47.9 Å². The highest BCUT2D eigenvalue weighted by Gasteiger charge is 2.19. The lowest BCUT2D eigenvalue weighted by atomic mass is 10.00. The van der Waals surface area contributed by atoms with Gasteiger partial charge in [0.25, 0.3) is 0 Å². The molecular weight excluding hydrogens is 394 g/mol. The van der Waals surface area contributed by atoms with E-state index in [0.717, 1.165) is 35.7 Å². The molecule has 0 bridgehead atoms. The number of benzene rings is 1. The van der Waals surface area contributed by atoms with Gasteiger partial charge >= 0.3 is 0 Å². The van der Waals surface area contributed by atoms with Gasteiger partial charge in [0.05, 0.1) is 15.8 Å². The monoisotopic (exact) mass is 413 g/mol. The van der Waals surface area contributed by atoms with E-state index in [1.165, 1.54) is 11.3 Å². The van der Waals surface area contributed by atoms with Crippen LogP contribution in [-0.2, 0) is 0 Å². The fraction of sp³-hybridized carbons (Fsp3) is 0.286. The Morgan fingerprint density at radius 2 is 2.00 bits per heavy atom. The first-order valence-electron chi connectivity index (χ1n) is 9.13. The summed E-state index contributed by atoms with van der Waals surface area (Å²) >= 11 is 7.22. The highest BCUT2D eigenvalue weighted by Crippen LogP contribution is 2.29. The standard InChI is InChI=1S/C21H20ClN3O2S/c1-13(11-17(26)19-7-8-20(22)28-19)18-12-16(24-27-18)14-3-5-15(6-4-14)21-23-9-10-25(21)2/h3-8,12-13H,9-11H2,1-2H3/t13-/m0/s1. The Morgan fingerprint density at radius 1 is 1.25 bits per heavy atom. The average Bonchev–Trinajstić information content (AvgIpc) is 3.42. The average molecular weight is 414 g/mol. The number of carbonyl (C=O) groups is 1. The van der Waals surface area contributed by atoms with Crippen LogP contribution in [0.1, 0.15) is 40.3 Å². The molecule has 7 heteroatoms. The molecule has 3 heterocycles. The number of ketones is 1. The van der Waals surface area contributed by atoms with Crippen LogP contribution < -0.4 is 0 Å². The van der Waals surface area contributed by atoms with Crippen molar-refractivity contribution >= 4 is 34.6 Å². The fourth-order valence-electron chi connectivity index (χ4n) is 3.24. The van der Waals surface area contributed by atoms with E-state index in [-0.39, 0.29) is 11.7 Å². The minimum absolute atomic E-state index is 0.0598. The zero-order valence-electron chi connectivity index (χ0n) is 15.7. The minimum Gasteiger partial charge on any atom is -0.360 e. The molecule has 0 amide bonds. The number of hydrogen-bond donors (Lipinski definition) is 0. The quantitative estimate of drug-likeness (QED) is 0.526. The third-order valence-corrected chi connectivity index (χ3v) is 6.12. The molecule has 0 spiro atoms. The van der Waals surface area contributed by atoms with E-state index in [0.29, 0.717) is 21.4 Å². The Hall–Kier alpha value is -2.44. The van der Waals surface area contributed by atoms with E-state index < -0.39 is 0 Å². The molecule has 3 aromatic rings. The fourth-order valence-corrected chi connectivity index (χ4v) is 4.23. The van der Waals surface area contributed by atoms with Crippen LogP contribution in [0.4, 0.5) is 0 Å². The van der Waals surface area contributed by atoms with Gasteiger partial charge in [0.15, 0.2) is 5.78 Å². The minimum atomic E-state index is -0.0598. The van der Waals surface area contributed by atoms with Crippen LogP contribution in [0.25, 0.3) is 11.3 Å². The molecule has 0 saturated heterocycles. The Balaban J connectivity index is 1.45. The topological polar surface area (TPSA) is 58.7 Å². The summed E-state index contributed by atoms with van der Waals surface area (Å²) in [7, 11) is 2.05. The van der Waals surface area contributed by atoms with Crippen molar-refractivity contribution in [2.45, 2.75) is 19.3 Å². The molecule has 0 fully saturated rings. The first kappa shape index (κ1) is 18.9. The zero-order chi connectivity index (χ0) is 19.7. The van der Waals surface area contributed by atoms with Gasteiger partial charge in [0.2, 0.25) is 0 Å². The van der Waals surface area contributed by atoms with E-state index in [2.05, 4.69) is 34.2 Å². The molecular formula is C21H20ClN3O2S. The summed E-state index contributed by atoms with van der Waals surface area (Å²) in [6.45, 7) is 3.76. The van der Waals surface area contributed by atoms with E-state index in [1.54, 1.807) is 12.1 Å². The van der Waals surface area contributed by atoms with Crippen LogP contribution in [0.3, 0.4) is 0 Å². The number of hydrogen-bond acceptors (Lipinski definition) is 6. The molecule has 5 nitrogen and oxygen atoms in total. The predicted molar refractivity (Wildman–Crippen MR) is 113 cm³/mol. The number of carbonyl (C=O) groups excluding carboxylic acids is 1. The van der Waals surface area contributed by atoms with Gasteiger partial charge in [0, 0.05) is 43.1 Å². The van der Waals surface area contributed by atoms with Crippen molar-refractivity contribution < 1.29 is 9.32 Å². The van der Waals surface area contributed by atoms with Crippen LogP contribution in [0.15, 0.2) is 52.0 Å². The molecule has 0 saturated carbocycles. The summed E-state index contributed by atoms with van der Waals surface area (Å²) in [5.41, 5.74) is 2.84. The largest absolute Gasteiger partial charge is 0.360 e. The number of halogens is 1. The summed E-state index contributed by atoms with van der Waals surface area (Å²) < 4.78 is 6.13. The molecule has 1 atom stereocenters. The van der Waals surface area contributed by atoms with E-state index in [4.69, 9.17) is 16.1 Å². The summed E-state index contributed by atoms with van der Waals surface area (Å²) in [5.74, 6) is 1.73. The number of aromatic nitrogens is 1. The molecule has 0 radical (unpaired) electrons. The van der Waals surface area contributed by atoms with Crippen LogP contribution in [-0.4, -0.2) is 41.8 Å². The first-order chi connectivity index (χ1) is 13.5. The van der Waals surface area contributed by atoms with Crippen molar-refractivity contribution in [3.05, 3.63) is 63.0 Å². The van der Waals surface area contributed by atoms with Gasteiger partial charge in [-0.2, -0.15) is 0 Å². The molecule has 0 unspecified atom stereocenters. The van der Waals surface area contributed by atoms with E-state index in [1.807, 2.05) is 25.1 Å². The van der Waals surface area contributed by atoms with Crippen molar-refractivity contribution in [1.82, 2.24) is 10.1 Å². The van der Waals surface area contributed by atoms with Crippen LogP contribution in [0.5, 0.6) is 0 Å². The number of rotatable bonds is 6. The zero-order valence-corrected chi connectivity index (χ0v) is 17.3. The number of thiophene rings is 1. The Labute approximate surface area is 172 Å². The van der Waals surface area contributed by atoms with Crippen molar-refractivity contribution in [3.8, 4) is 11.3 Å². The molecule has 28 heavy (non-hydrogen) atoms. The van der Waals surface area contributed by atoms with Gasteiger partial charge in [0.1, 0.15) is 17.3 Å². The summed E-state index contributed by atoms with van der Waals surface area (Å²) in [6, 6.07) is 13.6. The third kappa shape index (κ3) is 3.88. The number of nitrogens with zero attached hydrogens (tertiary/aromatic N) is 3. The highest BCUT2D eigenvalue weighted by atomic mass is 35.5. The van der Waals surface area contributed by atoms with Crippen molar-refractivity contribution in [2.75, 3.05) is 20.1 Å². The Kier molecular flexibility index (Phi) is 5.33. The molecule has 1 aromatic carbocycles. The van der Waals surface area contributed by atoms with Crippen molar-refractivity contribution in [2.24, 2.45) is 4.99 Å².